The van der Waals surface area contributed by atoms with Crippen molar-refractivity contribution in [2.24, 2.45) is 5.92 Å². The van der Waals surface area contributed by atoms with E-state index in [0.29, 0.717) is 31.4 Å². The average Bonchev–Trinajstić information content (AvgIpc) is 3.21. The molecule has 4 aromatic carbocycles. The second-order valence-corrected chi connectivity index (χ2v) is 16.4. The van der Waals surface area contributed by atoms with Gasteiger partial charge < -0.3 is 31.2 Å². The molecule has 306 valence electrons. The molecule has 4 aromatic rings. The molecule has 1 heterocycles. The Morgan fingerprint density at radius 1 is 0.746 bits per heavy atom. The van der Waals surface area contributed by atoms with Gasteiger partial charge in [0.05, 0.1) is 27.6 Å². The quantitative estimate of drug-likeness (QED) is 0.123. The van der Waals surface area contributed by atoms with E-state index in [9.17, 15) is 32.7 Å². The van der Waals surface area contributed by atoms with Gasteiger partial charge in [0.15, 0.2) is 0 Å². The fraction of sp³-hybridized carbons (Fsp3) is 0.349. The minimum absolute atomic E-state index is 0. The third kappa shape index (κ3) is 13.0. The molecule has 1 aliphatic carbocycles. The molecule has 2 amide bonds. The van der Waals surface area contributed by atoms with Crippen LogP contribution in [0, 0.1) is 5.92 Å². The summed E-state index contributed by atoms with van der Waals surface area (Å²) in [6.45, 7) is 3.67. The molecular formula is C43H52KN4NaO9S. The Morgan fingerprint density at radius 2 is 1.36 bits per heavy atom. The van der Waals surface area contributed by atoms with Gasteiger partial charge in [-0.05, 0) is 130 Å². The number of carbonyl (C=O) groups excluding carboxylic acids is 2. The molecule has 1 saturated heterocycles. The van der Waals surface area contributed by atoms with E-state index in [4.69, 9.17) is 5.11 Å². The van der Waals surface area contributed by atoms with Crippen molar-refractivity contribution in [3.8, 4) is 0 Å². The van der Waals surface area contributed by atoms with E-state index in [2.05, 4.69) is 15.5 Å². The molecule has 0 spiro atoms. The summed E-state index contributed by atoms with van der Waals surface area (Å²) in [6.07, 6.45) is 6.36. The number of aromatic carboxylic acids is 1. The minimum atomic E-state index is -4.00. The number of nitrogens with zero attached hydrogens (tertiary/aromatic N) is 2. The van der Waals surface area contributed by atoms with Gasteiger partial charge in [0.1, 0.15) is 0 Å². The SMILES string of the molecule is CCN(C1CCC(C(=O)O)CC1)S(=O)(=O)c1cccc(C(=O)Nc2ccc(N3CCCCC3)cc2C(=O)Nc2ccc(CCc3ccc(C(=O)O)cc3)cc2)c1.O.[KH].[NaH]. The van der Waals surface area contributed by atoms with Crippen LogP contribution >= 0.6 is 0 Å². The third-order valence-electron chi connectivity index (χ3n) is 10.8. The van der Waals surface area contributed by atoms with Crippen LogP contribution in [0.2, 0.25) is 0 Å². The maximum absolute atomic E-state index is 13.9. The number of nitrogens with one attached hydrogen (secondary N) is 2. The van der Waals surface area contributed by atoms with Crippen LogP contribution in [-0.4, -0.2) is 159 Å². The van der Waals surface area contributed by atoms with E-state index in [1.807, 2.05) is 42.5 Å². The van der Waals surface area contributed by atoms with E-state index in [1.165, 1.54) is 28.6 Å². The molecule has 0 unspecified atom stereocenters. The van der Waals surface area contributed by atoms with Gasteiger partial charge in [0.25, 0.3) is 11.8 Å². The van der Waals surface area contributed by atoms with Gasteiger partial charge in [0, 0.05) is 42.6 Å². The molecule has 1 saturated carbocycles. The Labute approximate surface area is 410 Å². The van der Waals surface area contributed by atoms with Crippen molar-refractivity contribution >= 4 is 132 Å². The summed E-state index contributed by atoms with van der Waals surface area (Å²) in [5.74, 6) is -3.29. The molecule has 6 N–H and O–H groups in total. The molecule has 2 fully saturated rings. The zero-order valence-corrected chi connectivity index (χ0v) is 32.8. The number of carboxylic acid groups (broad SMARTS) is 2. The molecule has 1 aliphatic heterocycles. The van der Waals surface area contributed by atoms with Crippen LogP contribution in [0.3, 0.4) is 0 Å². The number of benzene rings is 4. The van der Waals surface area contributed by atoms with E-state index >= 15 is 0 Å². The second-order valence-electron chi connectivity index (χ2n) is 14.5. The van der Waals surface area contributed by atoms with Crippen molar-refractivity contribution in [1.82, 2.24) is 4.31 Å². The number of sulfonamides is 1. The second kappa shape index (κ2) is 23.3. The van der Waals surface area contributed by atoms with E-state index in [1.54, 1.807) is 31.2 Å². The predicted molar refractivity (Wildman–Crippen MR) is 233 cm³/mol. The van der Waals surface area contributed by atoms with Crippen molar-refractivity contribution < 1.29 is 43.3 Å². The summed E-state index contributed by atoms with van der Waals surface area (Å²) >= 11 is 0. The summed E-state index contributed by atoms with van der Waals surface area (Å²) in [6, 6.07) is 25.1. The molecule has 0 radical (unpaired) electrons. The van der Waals surface area contributed by atoms with Crippen LogP contribution in [0.25, 0.3) is 0 Å². The summed E-state index contributed by atoms with van der Waals surface area (Å²) in [5, 5.41) is 24.4. The fourth-order valence-corrected chi connectivity index (χ4v) is 9.34. The number of hydrogen-bond donors (Lipinski definition) is 4. The van der Waals surface area contributed by atoms with Crippen molar-refractivity contribution in [3.63, 3.8) is 0 Å². The molecule has 6 rings (SSSR count). The average molecular weight is 863 g/mol. The zero-order chi connectivity index (χ0) is 39.8. The van der Waals surface area contributed by atoms with Gasteiger partial charge in [-0.25, -0.2) is 13.2 Å². The first-order chi connectivity index (χ1) is 26.9. The maximum atomic E-state index is 13.9. The first kappa shape index (κ1) is 50.4. The van der Waals surface area contributed by atoms with Crippen LogP contribution < -0.4 is 15.5 Å². The first-order valence-electron chi connectivity index (χ1n) is 19.2. The number of carboxylic acids is 2. The van der Waals surface area contributed by atoms with Gasteiger partial charge in [-0.3, -0.25) is 14.4 Å². The Morgan fingerprint density at radius 3 is 1.93 bits per heavy atom. The molecular weight excluding hydrogens is 811 g/mol. The molecule has 16 heteroatoms. The van der Waals surface area contributed by atoms with Crippen molar-refractivity contribution in [1.29, 1.82) is 0 Å². The number of amides is 2. The fourth-order valence-electron chi connectivity index (χ4n) is 7.60. The monoisotopic (exact) mass is 862 g/mol. The summed E-state index contributed by atoms with van der Waals surface area (Å²) in [5.41, 5.74) is 4.38. The summed E-state index contributed by atoms with van der Waals surface area (Å²) < 4.78 is 29.1. The van der Waals surface area contributed by atoms with Crippen LogP contribution in [0.1, 0.15) is 94.1 Å². The Balaban J connectivity index is 0.00000310. The van der Waals surface area contributed by atoms with Gasteiger partial charge in [0.2, 0.25) is 10.0 Å². The van der Waals surface area contributed by atoms with Gasteiger partial charge in [-0.2, -0.15) is 4.31 Å². The summed E-state index contributed by atoms with van der Waals surface area (Å²) in [4.78, 5) is 52.5. The Bertz CT molecular complexity index is 2180. The van der Waals surface area contributed by atoms with E-state index in [-0.39, 0.29) is 126 Å². The van der Waals surface area contributed by atoms with Gasteiger partial charge in [-0.15, -0.1) is 0 Å². The van der Waals surface area contributed by atoms with Crippen molar-refractivity contribution in [2.75, 3.05) is 35.2 Å². The molecule has 2 aliphatic rings. The number of piperidine rings is 1. The number of aryl methyl sites for hydroxylation is 2. The number of anilines is 3. The van der Waals surface area contributed by atoms with Gasteiger partial charge >= 0.3 is 92.9 Å². The topological polar surface area (TPSA) is 205 Å². The normalized spacial score (nSPS) is 16.4. The number of rotatable bonds is 14. The van der Waals surface area contributed by atoms with Crippen LogP contribution in [-0.2, 0) is 27.7 Å². The zero-order valence-electron chi connectivity index (χ0n) is 31.9. The van der Waals surface area contributed by atoms with Crippen molar-refractivity contribution in [3.05, 3.63) is 119 Å². The first-order valence-corrected chi connectivity index (χ1v) is 20.6. The molecule has 0 bridgehead atoms. The summed E-state index contributed by atoms with van der Waals surface area (Å²) in [7, 11) is -4.00. The number of hydrogen-bond acceptors (Lipinski definition) is 7. The number of carbonyl (C=O) groups is 4. The molecule has 13 nitrogen and oxygen atoms in total. The van der Waals surface area contributed by atoms with Crippen LogP contribution in [0.5, 0.6) is 0 Å². The van der Waals surface area contributed by atoms with Crippen molar-refractivity contribution in [2.45, 2.75) is 75.6 Å². The third-order valence-corrected chi connectivity index (χ3v) is 12.8. The number of aliphatic carboxylic acids is 1. The van der Waals surface area contributed by atoms with Gasteiger partial charge in [-0.1, -0.05) is 37.3 Å². The molecule has 0 atom stereocenters. The Kier molecular flexibility index (Phi) is 19.9. The molecule has 59 heavy (non-hydrogen) atoms. The van der Waals surface area contributed by atoms with Crippen LogP contribution in [0.15, 0.2) is 95.9 Å². The Hall–Kier alpha value is -2.93. The van der Waals surface area contributed by atoms with E-state index in [0.717, 1.165) is 62.0 Å². The van der Waals surface area contributed by atoms with E-state index < -0.39 is 39.7 Å². The predicted octanol–water partition coefficient (Wildman–Crippen LogP) is 5.20. The standard InChI is InChI=1S/C43H48N4O8S.K.Na.H2O.2H/c1-2-47(35-21-17-32(18-22-35)43(52)53)56(54,55)37-8-6-7-33(27-37)40(48)45-39-24-23-36(46-25-4-3-5-26-46)28-38(39)41(49)44-34-19-13-30(14-20-34)10-9-29-11-15-31(16-12-29)42(50)51;;;;;/h6-8,11-16,19-20,23-24,27-28,32,35H,2-5,9-10,17-18,21-22,25-26H2,1H3,(H,44,49)(H,45,48)(H,50,51)(H,52,53);;;1H2;;. The van der Waals surface area contributed by atoms with Crippen LogP contribution in [0.4, 0.5) is 17.1 Å². The molecule has 0 aromatic heterocycles.